The maximum absolute atomic E-state index is 13.1. The Morgan fingerprint density at radius 3 is 2.38 bits per heavy atom. The Morgan fingerprint density at radius 1 is 1.15 bits per heavy atom. The summed E-state index contributed by atoms with van der Waals surface area (Å²) >= 11 is 0. The van der Waals surface area contributed by atoms with Crippen molar-refractivity contribution >= 4 is 0 Å². The Kier molecular flexibility index (Phi) is 1.81. The summed E-state index contributed by atoms with van der Waals surface area (Å²) in [5, 5.41) is 0. The van der Waals surface area contributed by atoms with Crippen molar-refractivity contribution < 1.29 is 8.78 Å². The Bertz CT molecular complexity index is 389. The molecule has 2 nitrogen and oxygen atoms in total. The fraction of sp³-hybridized carbons (Fsp3) is 0. The van der Waals surface area contributed by atoms with Gasteiger partial charge in [0, 0.05) is 0 Å². The Morgan fingerprint density at radius 2 is 1.85 bits per heavy atom. The van der Waals surface area contributed by atoms with Gasteiger partial charge in [0.1, 0.15) is 11.6 Å². The molecule has 2 rings (SSSR count). The first-order valence-corrected chi connectivity index (χ1v) is 3.72. The van der Waals surface area contributed by atoms with Crippen LogP contribution in [-0.4, -0.2) is 9.97 Å². The smallest absolute Gasteiger partial charge is 0.135 e. The van der Waals surface area contributed by atoms with Gasteiger partial charge >= 0.3 is 0 Å². The van der Waals surface area contributed by atoms with E-state index in [4.69, 9.17) is 0 Å². The molecule has 0 amide bonds. The molecule has 0 aliphatic heterocycles. The fourth-order valence-corrected chi connectivity index (χ4v) is 1.15. The zero-order chi connectivity index (χ0) is 9.26. The molecule has 0 saturated carbocycles. The second kappa shape index (κ2) is 2.97. The van der Waals surface area contributed by atoms with Crippen LogP contribution in [0.1, 0.15) is 0 Å². The van der Waals surface area contributed by atoms with Crippen LogP contribution in [0.2, 0.25) is 0 Å². The molecule has 0 aliphatic rings. The van der Waals surface area contributed by atoms with Crippen molar-refractivity contribution in [2.24, 2.45) is 0 Å². The maximum atomic E-state index is 13.1. The van der Waals surface area contributed by atoms with Crippen LogP contribution in [0.3, 0.4) is 0 Å². The van der Waals surface area contributed by atoms with Gasteiger partial charge in [0.2, 0.25) is 0 Å². The number of rotatable bonds is 1. The van der Waals surface area contributed by atoms with E-state index in [-0.39, 0.29) is 5.56 Å². The first-order valence-electron chi connectivity index (χ1n) is 3.72. The Labute approximate surface area is 73.2 Å². The third-order valence-electron chi connectivity index (χ3n) is 1.73. The zero-order valence-corrected chi connectivity index (χ0v) is 6.59. The van der Waals surface area contributed by atoms with Crippen LogP contribution in [0.25, 0.3) is 11.3 Å². The van der Waals surface area contributed by atoms with Gasteiger partial charge in [0.05, 0.1) is 23.8 Å². The summed E-state index contributed by atoms with van der Waals surface area (Å²) in [5.41, 5.74) is 0.274. The highest BCUT2D eigenvalue weighted by atomic mass is 19.1. The average Bonchev–Trinajstić information content (AvgIpc) is 2.57. The lowest BCUT2D eigenvalue weighted by molar-refractivity contribution is 0.589. The molecule has 4 heteroatoms. The van der Waals surface area contributed by atoms with Gasteiger partial charge in [-0.2, -0.15) is 0 Å². The minimum Gasteiger partial charge on any atom is -0.344 e. The number of hydrogen-bond donors (Lipinski definition) is 1. The molecule has 0 radical (unpaired) electrons. The molecule has 1 aromatic heterocycles. The molecule has 1 N–H and O–H groups in total. The molecule has 0 saturated heterocycles. The number of imidazole rings is 1. The average molecular weight is 180 g/mol. The van der Waals surface area contributed by atoms with Gasteiger partial charge in [-0.05, 0) is 12.1 Å². The molecule has 0 aliphatic carbocycles. The summed E-state index contributed by atoms with van der Waals surface area (Å²) in [7, 11) is 0. The number of aromatic nitrogens is 2. The van der Waals surface area contributed by atoms with Crippen molar-refractivity contribution in [1.29, 1.82) is 0 Å². The molecule has 0 spiro atoms. The number of nitrogens with one attached hydrogen (secondary N) is 1. The zero-order valence-electron chi connectivity index (χ0n) is 6.59. The molecule has 13 heavy (non-hydrogen) atoms. The van der Waals surface area contributed by atoms with Gasteiger partial charge in [-0.15, -0.1) is 0 Å². The van der Waals surface area contributed by atoms with Crippen molar-refractivity contribution in [2.75, 3.05) is 0 Å². The number of halogens is 2. The van der Waals surface area contributed by atoms with Gasteiger partial charge in [-0.3, -0.25) is 0 Å². The number of nitrogens with zero attached hydrogens (tertiary/aromatic N) is 1. The molecular formula is C9H6F2N2. The highest BCUT2D eigenvalue weighted by molar-refractivity contribution is 5.59. The maximum Gasteiger partial charge on any atom is 0.135 e. The molecule has 2 aromatic rings. The minimum absolute atomic E-state index is 0.0694. The van der Waals surface area contributed by atoms with E-state index in [2.05, 4.69) is 9.97 Å². The summed E-state index contributed by atoms with van der Waals surface area (Å²) < 4.78 is 26.3. The first-order chi connectivity index (χ1) is 6.29. The highest BCUT2D eigenvalue weighted by Gasteiger charge is 2.10. The van der Waals surface area contributed by atoms with Gasteiger partial charge in [0.25, 0.3) is 0 Å². The Balaban J connectivity index is 2.64. The third kappa shape index (κ3) is 1.30. The second-order valence-electron chi connectivity index (χ2n) is 2.56. The van der Waals surface area contributed by atoms with E-state index >= 15 is 0 Å². The lowest BCUT2D eigenvalue weighted by atomic mass is 10.1. The quantitative estimate of drug-likeness (QED) is 0.716. The molecular weight excluding hydrogens is 174 g/mol. The van der Waals surface area contributed by atoms with E-state index in [1.54, 1.807) is 0 Å². The summed E-state index contributed by atoms with van der Waals surface area (Å²) in [6.45, 7) is 0. The van der Waals surface area contributed by atoms with E-state index in [9.17, 15) is 8.78 Å². The molecule has 0 unspecified atom stereocenters. The lowest BCUT2D eigenvalue weighted by Crippen LogP contribution is -1.88. The van der Waals surface area contributed by atoms with Gasteiger partial charge in [-0.25, -0.2) is 13.8 Å². The molecule has 66 valence electrons. The van der Waals surface area contributed by atoms with Crippen molar-refractivity contribution in [3.05, 3.63) is 42.4 Å². The van der Waals surface area contributed by atoms with Gasteiger partial charge in [-0.1, -0.05) is 6.07 Å². The third-order valence-corrected chi connectivity index (χ3v) is 1.73. The van der Waals surface area contributed by atoms with Crippen LogP contribution < -0.4 is 0 Å². The van der Waals surface area contributed by atoms with Crippen molar-refractivity contribution in [2.45, 2.75) is 0 Å². The summed E-state index contributed by atoms with van der Waals surface area (Å²) in [4.78, 5) is 6.34. The summed E-state index contributed by atoms with van der Waals surface area (Å²) in [6.07, 6.45) is 2.75. The number of hydrogen-bond acceptors (Lipinski definition) is 1. The fourth-order valence-electron chi connectivity index (χ4n) is 1.15. The second-order valence-corrected chi connectivity index (χ2v) is 2.56. The summed E-state index contributed by atoms with van der Waals surface area (Å²) in [5.74, 6) is -1.19. The van der Waals surface area contributed by atoms with E-state index < -0.39 is 11.6 Å². The first kappa shape index (κ1) is 7.91. The molecule has 0 bridgehead atoms. The lowest BCUT2D eigenvalue weighted by Gasteiger charge is -2.00. The van der Waals surface area contributed by atoms with Crippen LogP contribution in [0.4, 0.5) is 8.78 Å². The predicted octanol–water partition coefficient (Wildman–Crippen LogP) is 2.35. The normalized spacial score (nSPS) is 10.3. The Hall–Kier alpha value is -1.71. The SMILES string of the molecule is Fc1cccc(F)c1-c1cnc[nH]1. The summed E-state index contributed by atoms with van der Waals surface area (Å²) in [6, 6.07) is 3.74. The molecule has 0 fully saturated rings. The van der Waals surface area contributed by atoms with Crippen molar-refractivity contribution in [3.8, 4) is 11.3 Å². The topological polar surface area (TPSA) is 28.7 Å². The minimum atomic E-state index is -0.593. The number of benzene rings is 1. The van der Waals surface area contributed by atoms with E-state index in [1.807, 2.05) is 0 Å². The van der Waals surface area contributed by atoms with Crippen LogP contribution in [0.15, 0.2) is 30.7 Å². The van der Waals surface area contributed by atoms with Gasteiger partial charge in [0.15, 0.2) is 0 Å². The van der Waals surface area contributed by atoms with Crippen LogP contribution in [0, 0.1) is 11.6 Å². The molecule has 1 heterocycles. The number of H-pyrrole nitrogens is 1. The standard InChI is InChI=1S/C9H6F2N2/c10-6-2-1-3-7(11)9(6)8-4-12-5-13-8/h1-5H,(H,12,13). The van der Waals surface area contributed by atoms with Gasteiger partial charge < -0.3 is 4.98 Å². The predicted molar refractivity (Wildman–Crippen MR) is 43.9 cm³/mol. The molecule has 1 aromatic carbocycles. The van der Waals surface area contributed by atoms with E-state index in [0.717, 1.165) is 0 Å². The van der Waals surface area contributed by atoms with Crippen molar-refractivity contribution in [1.82, 2.24) is 9.97 Å². The van der Waals surface area contributed by atoms with Crippen LogP contribution >= 0.6 is 0 Å². The van der Waals surface area contributed by atoms with Crippen molar-refractivity contribution in [3.63, 3.8) is 0 Å². The molecule has 0 atom stereocenters. The highest BCUT2D eigenvalue weighted by Crippen LogP contribution is 2.22. The van der Waals surface area contributed by atoms with Crippen LogP contribution in [-0.2, 0) is 0 Å². The largest absolute Gasteiger partial charge is 0.344 e. The number of aromatic amines is 1. The van der Waals surface area contributed by atoms with E-state index in [1.165, 1.54) is 30.7 Å². The van der Waals surface area contributed by atoms with Crippen LogP contribution in [0.5, 0.6) is 0 Å². The monoisotopic (exact) mass is 180 g/mol. The van der Waals surface area contributed by atoms with E-state index in [0.29, 0.717) is 5.69 Å².